The van der Waals surface area contributed by atoms with Crippen molar-refractivity contribution in [2.24, 2.45) is 0 Å². The van der Waals surface area contributed by atoms with Gasteiger partial charge in [0.15, 0.2) is 0 Å². The van der Waals surface area contributed by atoms with E-state index >= 15 is 0 Å². The van der Waals surface area contributed by atoms with Gasteiger partial charge in [-0.1, -0.05) is 18.2 Å². The lowest BCUT2D eigenvalue weighted by atomic mass is 9.98. The lowest BCUT2D eigenvalue weighted by Gasteiger charge is -2.41. The number of halogens is 1. The van der Waals surface area contributed by atoms with Crippen molar-refractivity contribution in [1.29, 1.82) is 0 Å². The number of benzene rings is 1. The molecule has 1 N–H and O–H groups in total. The lowest BCUT2D eigenvalue weighted by molar-refractivity contribution is -0.920. The van der Waals surface area contributed by atoms with Crippen molar-refractivity contribution in [3.63, 3.8) is 0 Å². The molecule has 1 unspecified atom stereocenters. The van der Waals surface area contributed by atoms with E-state index < -0.39 is 0 Å². The molecular weight excluding hydrogens is 403 g/mol. The Balaban J connectivity index is 0.00000192. The molecule has 5 heteroatoms. The second kappa shape index (κ2) is 7.66. The number of H-pyrrole nitrogens is 1. The predicted octanol–water partition coefficient (Wildman–Crippen LogP) is 0.348. The highest BCUT2D eigenvalue weighted by Gasteiger charge is 2.31. The number of nitrogens with one attached hydrogen (secondary N) is 1. The average molecular weight is 428 g/mol. The fourth-order valence-electron chi connectivity index (χ4n) is 3.53. The molecule has 0 spiro atoms. The molecule has 0 bridgehead atoms. The Morgan fingerprint density at radius 1 is 1.30 bits per heavy atom. The molecule has 1 atom stereocenters. The molecular formula is C18H25IN2O2. The number of likely N-dealkylation sites (tertiary alicyclic amines) is 1. The van der Waals surface area contributed by atoms with E-state index in [1.54, 1.807) is 6.20 Å². The second-order valence-electron chi connectivity index (χ2n) is 6.82. The summed E-state index contributed by atoms with van der Waals surface area (Å²) in [6.45, 7) is 1.73. The zero-order valence-corrected chi connectivity index (χ0v) is 16.0. The van der Waals surface area contributed by atoms with E-state index in [9.17, 15) is 4.79 Å². The Morgan fingerprint density at radius 2 is 2.09 bits per heavy atom. The van der Waals surface area contributed by atoms with Crippen LogP contribution in [0.2, 0.25) is 0 Å². The molecule has 1 aromatic carbocycles. The van der Waals surface area contributed by atoms with E-state index in [2.05, 4.69) is 19.1 Å². The maximum atomic E-state index is 12.3. The van der Waals surface area contributed by atoms with Crippen molar-refractivity contribution >= 4 is 16.9 Å². The number of rotatable bonds is 4. The number of para-hydroxylation sites is 1. The van der Waals surface area contributed by atoms with Crippen LogP contribution in [0.1, 0.15) is 36.0 Å². The fraction of sp³-hybridized carbons (Fsp3) is 0.500. The van der Waals surface area contributed by atoms with Gasteiger partial charge in [0.1, 0.15) is 0 Å². The van der Waals surface area contributed by atoms with Gasteiger partial charge < -0.3 is 38.2 Å². The van der Waals surface area contributed by atoms with E-state index in [0.29, 0.717) is 18.2 Å². The van der Waals surface area contributed by atoms with Gasteiger partial charge in [0.05, 0.1) is 38.9 Å². The monoisotopic (exact) mass is 428 g/mol. The summed E-state index contributed by atoms with van der Waals surface area (Å²) in [4.78, 5) is 15.4. The second-order valence-corrected chi connectivity index (χ2v) is 6.82. The third-order valence-electron chi connectivity index (χ3n) is 5.00. The van der Waals surface area contributed by atoms with Crippen molar-refractivity contribution in [2.75, 3.05) is 27.2 Å². The van der Waals surface area contributed by atoms with Crippen LogP contribution in [0.3, 0.4) is 0 Å². The van der Waals surface area contributed by atoms with E-state index in [0.717, 1.165) is 21.8 Å². The van der Waals surface area contributed by atoms with Crippen LogP contribution in [0.15, 0.2) is 30.5 Å². The molecule has 1 saturated heterocycles. The van der Waals surface area contributed by atoms with Crippen LogP contribution in [0, 0.1) is 0 Å². The molecule has 0 saturated carbocycles. The standard InChI is InChI=1S/C18H24N2O2.HI/c1-20(2)11-6-5-7-14(20)10-12-22-18(21)16-13-19-17-9-4-3-8-15(16)17;/h3-4,8-9,13-14H,5-7,10-12H2,1-2H3;1H. The summed E-state index contributed by atoms with van der Waals surface area (Å²) >= 11 is 0. The molecule has 3 rings (SSSR count). The van der Waals surface area contributed by atoms with Crippen molar-refractivity contribution in [3.8, 4) is 0 Å². The summed E-state index contributed by atoms with van der Waals surface area (Å²) in [5.74, 6) is -0.224. The number of piperidine rings is 1. The number of aromatic nitrogens is 1. The number of carbonyl (C=O) groups is 1. The Kier molecular flexibility index (Phi) is 6.08. The molecule has 1 aliphatic heterocycles. The van der Waals surface area contributed by atoms with Crippen LogP contribution in [0.5, 0.6) is 0 Å². The van der Waals surface area contributed by atoms with Crippen molar-refractivity contribution in [1.82, 2.24) is 4.98 Å². The van der Waals surface area contributed by atoms with Crippen molar-refractivity contribution < 1.29 is 38.0 Å². The highest BCUT2D eigenvalue weighted by molar-refractivity contribution is 6.03. The van der Waals surface area contributed by atoms with Gasteiger partial charge in [-0.3, -0.25) is 0 Å². The molecule has 0 amide bonds. The first kappa shape index (κ1) is 18.3. The summed E-state index contributed by atoms with van der Waals surface area (Å²) in [6.07, 6.45) is 6.52. The van der Waals surface area contributed by atoms with Gasteiger partial charge in [0.2, 0.25) is 0 Å². The average Bonchev–Trinajstić information content (AvgIpc) is 2.92. The van der Waals surface area contributed by atoms with Gasteiger partial charge in [-0.15, -0.1) is 0 Å². The summed E-state index contributed by atoms with van der Waals surface area (Å²) in [6, 6.07) is 8.41. The molecule has 2 heterocycles. The van der Waals surface area contributed by atoms with E-state index in [4.69, 9.17) is 4.74 Å². The minimum absolute atomic E-state index is 0. The van der Waals surface area contributed by atoms with Crippen molar-refractivity contribution in [3.05, 3.63) is 36.0 Å². The van der Waals surface area contributed by atoms with Gasteiger partial charge >= 0.3 is 5.97 Å². The Hall–Kier alpha value is -1.08. The first-order chi connectivity index (χ1) is 10.6. The van der Waals surface area contributed by atoms with E-state index in [-0.39, 0.29) is 29.9 Å². The van der Waals surface area contributed by atoms with E-state index in [1.165, 1.54) is 25.8 Å². The molecule has 23 heavy (non-hydrogen) atoms. The summed E-state index contributed by atoms with van der Waals surface area (Å²) in [5, 5.41) is 0.932. The van der Waals surface area contributed by atoms with Crippen LogP contribution >= 0.6 is 0 Å². The SMILES string of the molecule is C[N+]1(C)CCCCC1CCOC(=O)c1c[nH]c2ccccc12.[I-]. The number of aromatic amines is 1. The lowest BCUT2D eigenvalue weighted by Crippen LogP contribution is -3.00. The fourth-order valence-corrected chi connectivity index (χ4v) is 3.53. The van der Waals surface area contributed by atoms with Crippen molar-refractivity contribution in [2.45, 2.75) is 31.7 Å². The number of esters is 1. The summed E-state index contributed by atoms with van der Waals surface area (Å²) < 4.78 is 6.57. The molecule has 0 aliphatic carbocycles. The van der Waals surface area contributed by atoms with Gasteiger partial charge in [-0.2, -0.15) is 0 Å². The predicted molar refractivity (Wildman–Crippen MR) is 87.8 cm³/mol. The highest BCUT2D eigenvalue weighted by Crippen LogP contribution is 2.24. The quantitative estimate of drug-likeness (QED) is 0.434. The summed E-state index contributed by atoms with van der Waals surface area (Å²) in [7, 11) is 4.57. The maximum absolute atomic E-state index is 12.3. The topological polar surface area (TPSA) is 42.1 Å². The first-order valence-electron chi connectivity index (χ1n) is 8.14. The Morgan fingerprint density at radius 3 is 2.87 bits per heavy atom. The minimum Gasteiger partial charge on any atom is -1.00 e. The number of hydrogen-bond acceptors (Lipinski definition) is 2. The third kappa shape index (κ3) is 4.07. The van der Waals surface area contributed by atoms with Crippen LogP contribution < -0.4 is 24.0 Å². The number of nitrogens with zero attached hydrogens (tertiary/aromatic N) is 1. The van der Waals surface area contributed by atoms with Crippen LogP contribution in [-0.2, 0) is 4.74 Å². The molecule has 126 valence electrons. The third-order valence-corrected chi connectivity index (χ3v) is 5.00. The first-order valence-corrected chi connectivity index (χ1v) is 8.14. The maximum Gasteiger partial charge on any atom is 0.340 e. The summed E-state index contributed by atoms with van der Waals surface area (Å²) in [5.41, 5.74) is 1.60. The highest BCUT2D eigenvalue weighted by atomic mass is 127. The molecule has 4 nitrogen and oxygen atoms in total. The smallest absolute Gasteiger partial charge is 0.340 e. The van der Waals surface area contributed by atoms with E-state index in [1.807, 2.05) is 24.3 Å². The minimum atomic E-state index is -0.224. The molecule has 1 aliphatic rings. The number of hydrogen-bond donors (Lipinski definition) is 1. The molecule has 2 aromatic rings. The van der Waals surface area contributed by atoms with Gasteiger partial charge in [0, 0.05) is 23.5 Å². The van der Waals surface area contributed by atoms with Crippen LogP contribution in [0.4, 0.5) is 0 Å². The zero-order chi connectivity index (χ0) is 15.6. The normalized spacial score (nSPS) is 20.0. The van der Waals surface area contributed by atoms with Crippen LogP contribution in [0.25, 0.3) is 10.9 Å². The van der Waals surface area contributed by atoms with Gasteiger partial charge in [-0.05, 0) is 25.3 Å². The number of quaternary nitrogens is 1. The largest absolute Gasteiger partial charge is 1.00 e. The zero-order valence-electron chi connectivity index (χ0n) is 13.8. The van der Waals surface area contributed by atoms with Gasteiger partial charge in [0.25, 0.3) is 0 Å². The van der Waals surface area contributed by atoms with Gasteiger partial charge in [-0.25, -0.2) is 4.79 Å². The number of ether oxygens (including phenoxy) is 1. The molecule has 1 fully saturated rings. The Labute approximate surface area is 154 Å². The molecule has 0 radical (unpaired) electrons. The Bertz CT molecular complexity index is 666. The molecule has 1 aromatic heterocycles. The number of fused-ring (bicyclic) bond motifs is 1. The van der Waals surface area contributed by atoms with Crippen LogP contribution in [-0.4, -0.2) is 48.7 Å². The number of carbonyl (C=O) groups excluding carboxylic acids is 1.